The molecule has 19 heavy (non-hydrogen) atoms. The van der Waals surface area contributed by atoms with Gasteiger partial charge in [0, 0.05) is 41.8 Å². The van der Waals surface area contributed by atoms with Crippen molar-refractivity contribution in [3.05, 3.63) is 29.3 Å². The predicted molar refractivity (Wildman–Crippen MR) is 80.1 cm³/mol. The van der Waals surface area contributed by atoms with E-state index >= 15 is 0 Å². The maximum Gasteiger partial charge on any atom is 0.123 e. The van der Waals surface area contributed by atoms with E-state index in [1.165, 1.54) is 11.1 Å². The van der Waals surface area contributed by atoms with Crippen molar-refractivity contribution in [1.82, 2.24) is 5.32 Å². The first-order chi connectivity index (χ1) is 8.87. The number of ether oxygens (including phenoxy) is 1. The second-order valence-corrected chi connectivity index (χ2v) is 7.72. The highest BCUT2D eigenvalue weighted by molar-refractivity contribution is 7.84. The fraction of sp³-hybridized carbons (Fsp3) is 0.600. The summed E-state index contributed by atoms with van der Waals surface area (Å²) in [6.45, 7) is 7.83. The molecule has 1 aromatic carbocycles. The lowest BCUT2D eigenvalue weighted by Gasteiger charge is -2.16. The lowest BCUT2D eigenvalue weighted by Crippen LogP contribution is -2.27. The Labute approximate surface area is 118 Å². The van der Waals surface area contributed by atoms with Gasteiger partial charge in [0.05, 0.1) is 0 Å². The van der Waals surface area contributed by atoms with Crippen LogP contribution in [0.2, 0.25) is 0 Å². The van der Waals surface area contributed by atoms with E-state index in [0.29, 0.717) is 0 Å². The Morgan fingerprint density at radius 2 is 2.21 bits per heavy atom. The zero-order valence-electron chi connectivity index (χ0n) is 12.2. The van der Waals surface area contributed by atoms with E-state index in [1.54, 1.807) is 6.26 Å². The zero-order valence-corrected chi connectivity index (χ0v) is 13.0. The van der Waals surface area contributed by atoms with E-state index < -0.39 is 10.8 Å². The molecule has 0 saturated heterocycles. The van der Waals surface area contributed by atoms with Crippen LogP contribution in [0.4, 0.5) is 0 Å². The minimum absolute atomic E-state index is 0.0813. The summed E-state index contributed by atoms with van der Waals surface area (Å²) in [7, 11) is -0.761. The van der Waals surface area contributed by atoms with E-state index in [-0.39, 0.29) is 10.9 Å². The highest BCUT2D eigenvalue weighted by atomic mass is 32.2. The van der Waals surface area contributed by atoms with Gasteiger partial charge in [0.15, 0.2) is 0 Å². The summed E-state index contributed by atoms with van der Waals surface area (Å²) in [6.07, 6.45) is 2.71. The average molecular weight is 281 g/mol. The molecular formula is C15H23NO2S. The first kappa shape index (κ1) is 14.5. The smallest absolute Gasteiger partial charge is 0.123 e. The Morgan fingerprint density at radius 1 is 1.47 bits per heavy atom. The molecular weight excluding hydrogens is 258 g/mol. The number of hydrogen-bond donors (Lipinski definition) is 1. The van der Waals surface area contributed by atoms with E-state index in [1.807, 2.05) is 6.92 Å². The SMILES string of the molecule is CC(CNCc1ccc2c(c1)CC(C)(C)O2)S(C)=O. The lowest BCUT2D eigenvalue weighted by atomic mass is 10.0. The molecule has 2 rings (SSSR count). The van der Waals surface area contributed by atoms with Crippen LogP contribution in [0.1, 0.15) is 31.9 Å². The quantitative estimate of drug-likeness (QED) is 0.899. The van der Waals surface area contributed by atoms with Crippen molar-refractivity contribution in [2.24, 2.45) is 0 Å². The summed E-state index contributed by atoms with van der Waals surface area (Å²) in [6, 6.07) is 6.37. The van der Waals surface area contributed by atoms with Gasteiger partial charge in [-0.3, -0.25) is 4.21 Å². The Hall–Kier alpha value is -0.870. The normalized spacial score (nSPS) is 19.6. The first-order valence-electron chi connectivity index (χ1n) is 6.71. The average Bonchev–Trinajstić information content (AvgIpc) is 2.61. The molecule has 0 radical (unpaired) electrons. The van der Waals surface area contributed by atoms with Crippen LogP contribution in [0.5, 0.6) is 5.75 Å². The standard InChI is InChI=1S/C15H23NO2S/c1-11(19(4)17)9-16-10-12-5-6-14-13(7-12)8-15(2,3)18-14/h5-7,11,16H,8-10H2,1-4H3. The highest BCUT2D eigenvalue weighted by Gasteiger charge is 2.29. The molecule has 0 fully saturated rings. The Kier molecular flexibility index (Phi) is 4.31. The largest absolute Gasteiger partial charge is 0.487 e. The molecule has 1 aliphatic rings. The molecule has 4 heteroatoms. The Balaban J connectivity index is 1.92. The van der Waals surface area contributed by atoms with Crippen molar-refractivity contribution >= 4 is 10.8 Å². The molecule has 0 saturated carbocycles. The second-order valence-electron chi connectivity index (χ2n) is 5.92. The third-order valence-electron chi connectivity index (χ3n) is 3.45. The van der Waals surface area contributed by atoms with Crippen LogP contribution >= 0.6 is 0 Å². The van der Waals surface area contributed by atoms with Crippen LogP contribution in [0.15, 0.2) is 18.2 Å². The van der Waals surface area contributed by atoms with Gasteiger partial charge >= 0.3 is 0 Å². The molecule has 1 aliphatic heterocycles. The molecule has 1 N–H and O–H groups in total. The summed E-state index contributed by atoms with van der Waals surface area (Å²) in [5, 5.41) is 3.55. The fourth-order valence-electron chi connectivity index (χ4n) is 2.31. The lowest BCUT2D eigenvalue weighted by molar-refractivity contribution is 0.138. The van der Waals surface area contributed by atoms with E-state index in [0.717, 1.165) is 25.3 Å². The zero-order chi connectivity index (χ0) is 14.0. The van der Waals surface area contributed by atoms with Crippen molar-refractivity contribution in [3.8, 4) is 5.75 Å². The number of hydrogen-bond acceptors (Lipinski definition) is 3. The number of nitrogens with one attached hydrogen (secondary N) is 1. The molecule has 0 amide bonds. The van der Waals surface area contributed by atoms with Crippen molar-refractivity contribution in [1.29, 1.82) is 0 Å². The van der Waals surface area contributed by atoms with Gasteiger partial charge in [0.2, 0.25) is 0 Å². The van der Waals surface area contributed by atoms with Crippen LogP contribution in [-0.2, 0) is 23.8 Å². The van der Waals surface area contributed by atoms with Crippen LogP contribution in [0.3, 0.4) is 0 Å². The molecule has 1 aromatic rings. The third kappa shape index (κ3) is 3.80. The monoisotopic (exact) mass is 281 g/mol. The van der Waals surface area contributed by atoms with Crippen molar-refractivity contribution < 1.29 is 8.95 Å². The van der Waals surface area contributed by atoms with Gasteiger partial charge in [-0.15, -0.1) is 0 Å². The molecule has 0 spiro atoms. The number of benzene rings is 1. The maximum absolute atomic E-state index is 11.3. The predicted octanol–water partition coefficient (Wildman–Crippen LogP) is 2.26. The van der Waals surface area contributed by atoms with Crippen LogP contribution in [0.25, 0.3) is 0 Å². The molecule has 0 bridgehead atoms. The molecule has 2 unspecified atom stereocenters. The molecule has 0 aromatic heterocycles. The van der Waals surface area contributed by atoms with Gasteiger partial charge in [0.1, 0.15) is 11.4 Å². The highest BCUT2D eigenvalue weighted by Crippen LogP contribution is 2.35. The van der Waals surface area contributed by atoms with Gasteiger partial charge in [-0.1, -0.05) is 12.1 Å². The molecule has 3 nitrogen and oxygen atoms in total. The summed E-state index contributed by atoms with van der Waals surface area (Å²) in [5.41, 5.74) is 2.47. The van der Waals surface area contributed by atoms with Crippen molar-refractivity contribution in [3.63, 3.8) is 0 Å². The Bertz CT molecular complexity index is 485. The van der Waals surface area contributed by atoms with E-state index in [4.69, 9.17) is 4.74 Å². The van der Waals surface area contributed by atoms with Gasteiger partial charge in [-0.25, -0.2) is 0 Å². The molecule has 1 heterocycles. The van der Waals surface area contributed by atoms with Crippen LogP contribution in [0, 0.1) is 0 Å². The molecule has 106 valence electrons. The third-order valence-corrected chi connectivity index (χ3v) is 4.75. The van der Waals surface area contributed by atoms with E-state index in [2.05, 4.69) is 37.4 Å². The van der Waals surface area contributed by atoms with Crippen molar-refractivity contribution in [2.75, 3.05) is 12.8 Å². The maximum atomic E-state index is 11.3. The molecule has 2 atom stereocenters. The van der Waals surface area contributed by atoms with Gasteiger partial charge in [-0.2, -0.15) is 0 Å². The minimum Gasteiger partial charge on any atom is -0.487 e. The van der Waals surface area contributed by atoms with Crippen molar-refractivity contribution in [2.45, 2.75) is 44.6 Å². The van der Waals surface area contributed by atoms with Gasteiger partial charge in [0.25, 0.3) is 0 Å². The van der Waals surface area contributed by atoms with E-state index in [9.17, 15) is 4.21 Å². The first-order valence-corrected chi connectivity index (χ1v) is 8.33. The number of fused-ring (bicyclic) bond motifs is 1. The number of rotatable bonds is 5. The van der Waals surface area contributed by atoms with Gasteiger partial charge < -0.3 is 10.1 Å². The van der Waals surface area contributed by atoms with Crippen LogP contribution in [-0.4, -0.2) is 27.9 Å². The van der Waals surface area contributed by atoms with Gasteiger partial charge in [-0.05, 0) is 38.0 Å². The molecule has 0 aliphatic carbocycles. The van der Waals surface area contributed by atoms with Crippen LogP contribution < -0.4 is 10.1 Å². The summed E-state index contributed by atoms with van der Waals surface area (Å²) in [4.78, 5) is 0. The fourth-order valence-corrected chi connectivity index (χ4v) is 2.66. The summed E-state index contributed by atoms with van der Waals surface area (Å²) < 4.78 is 17.1. The minimum atomic E-state index is -0.761. The second kappa shape index (κ2) is 5.63. The summed E-state index contributed by atoms with van der Waals surface area (Å²) in [5.74, 6) is 1.01. The Morgan fingerprint density at radius 3 is 2.89 bits per heavy atom. The summed E-state index contributed by atoms with van der Waals surface area (Å²) >= 11 is 0. The topological polar surface area (TPSA) is 38.3 Å².